The smallest absolute Gasteiger partial charge is 0.0823 e. The lowest BCUT2D eigenvalue weighted by molar-refractivity contribution is 0.0467. The topological polar surface area (TPSA) is 59.6 Å². The maximum Gasteiger partial charge on any atom is 0.0823 e. The molecule has 0 saturated carbocycles. The lowest BCUT2D eigenvalue weighted by atomic mass is 10.3. The van der Waals surface area contributed by atoms with Gasteiger partial charge in [0.15, 0.2) is 0 Å². The van der Waals surface area contributed by atoms with Crippen molar-refractivity contribution in [1.82, 2.24) is 5.59 Å². The summed E-state index contributed by atoms with van der Waals surface area (Å²) >= 11 is 0. The average molecular weight is 127 g/mol. The normalized spacial score (nSPS) is 21.2. The fourth-order valence-electron chi connectivity index (χ4n) is 0.695. The molecule has 1 rings (SSSR count). The van der Waals surface area contributed by atoms with E-state index in [1.165, 1.54) is 0 Å². The maximum absolute atomic E-state index is 4.80. The van der Waals surface area contributed by atoms with Crippen molar-refractivity contribution in [2.45, 2.75) is 12.8 Å². The van der Waals surface area contributed by atoms with Crippen LogP contribution >= 0.6 is 0 Å². The van der Waals surface area contributed by atoms with Crippen molar-refractivity contribution in [3.05, 3.63) is 12.2 Å². The Labute approximate surface area is 53.3 Å². The van der Waals surface area contributed by atoms with E-state index in [2.05, 4.69) is 10.1 Å². The molecule has 1 aliphatic rings. The van der Waals surface area contributed by atoms with Gasteiger partial charge in [-0.15, -0.1) is 0 Å². The molecule has 9 heavy (non-hydrogen) atoms. The molecule has 3 N–H and O–H groups in total. The lowest BCUT2D eigenvalue weighted by Gasteiger charge is -1.92. The van der Waals surface area contributed by atoms with E-state index >= 15 is 0 Å². The van der Waals surface area contributed by atoms with Crippen LogP contribution < -0.4 is 11.4 Å². The Morgan fingerprint density at radius 3 is 3.22 bits per heavy atom. The van der Waals surface area contributed by atoms with Gasteiger partial charge in [0.25, 0.3) is 0 Å². The number of nitrogens with one attached hydrogen (secondary N) is 1. The van der Waals surface area contributed by atoms with Gasteiger partial charge in [-0.1, -0.05) is 16.8 Å². The average Bonchev–Trinajstić information content (AvgIpc) is 2.34. The molecular formula is C5H9N3O. The molecule has 0 saturated heterocycles. The minimum absolute atomic E-state index is 0.924. The van der Waals surface area contributed by atoms with E-state index in [0.29, 0.717) is 0 Å². The molecule has 0 unspecified atom stereocenters. The summed E-state index contributed by atoms with van der Waals surface area (Å²) in [6, 6.07) is 0. The van der Waals surface area contributed by atoms with Gasteiger partial charge in [-0.05, 0) is 18.9 Å². The molecule has 50 valence electrons. The number of nitrogens with two attached hydrogens (primary N) is 1. The molecule has 0 aromatic rings. The largest absolute Gasteiger partial charge is 0.284 e. The van der Waals surface area contributed by atoms with Crippen LogP contribution in [0, 0.1) is 0 Å². The third kappa shape index (κ3) is 1.83. The number of oxime groups is 1. The van der Waals surface area contributed by atoms with Gasteiger partial charge in [0.1, 0.15) is 0 Å². The maximum atomic E-state index is 4.80. The molecule has 4 heteroatoms. The van der Waals surface area contributed by atoms with Gasteiger partial charge in [-0.25, -0.2) is 5.84 Å². The quantitative estimate of drug-likeness (QED) is 0.408. The molecule has 0 spiro atoms. The van der Waals surface area contributed by atoms with Crippen LogP contribution in [-0.4, -0.2) is 5.71 Å². The van der Waals surface area contributed by atoms with Crippen LogP contribution in [0.15, 0.2) is 17.3 Å². The van der Waals surface area contributed by atoms with Crippen molar-refractivity contribution in [2.24, 2.45) is 11.0 Å². The zero-order valence-corrected chi connectivity index (χ0v) is 5.00. The minimum Gasteiger partial charge on any atom is -0.284 e. The van der Waals surface area contributed by atoms with E-state index < -0.39 is 0 Å². The molecule has 0 heterocycles. The van der Waals surface area contributed by atoms with Crippen molar-refractivity contribution < 1.29 is 4.94 Å². The van der Waals surface area contributed by atoms with Crippen LogP contribution in [0.1, 0.15) is 12.8 Å². The molecule has 0 bridgehead atoms. The lowest BCUT2D eigenvalue weighted by Crippen LogP contribution is -2.19. The first-order chi connectivity index (χ1) is 4.43. The Bertz CT molecular complexity index is 141. The highest BCUT2D eigenvalue weighted by Gasteiger charge is 1.99. The number of hydrazine groups is 1. The first-order valence-electron chi connectivity index (χ1n) is 2.78. The highest BCUT2D eigenvalue weighted by molar-refractivity contribution is 5.96. The van der Waals surface area contributed by atoms with E-state index in [9.17, 15) is 0 Å². The van der Waals surface area contributed by atoms with Crippen molar-refractivity contribution in [3.63, 3.8) is 0 Å². The summed E-state index contributed by atoms with van der Waals surface area (Å²) in [5, 5.41) is 3.64. The van der Waals surface area contributed by atoms with Gasteiger partial charge in [0.2, 0.25) is 0 Å². The summed E-state index contributed by atoms with van der Waals surface area (Å²) in [6.07, 6.45) is 5.95. The molecule has 0 aliphatic heterocycles. The van der Waals surface area contributed by atoms with Crippen LogP contribution in [0.4, 0.5) is 0 Å². The molecule has 1 aliphatic carbocycles. The third-order valence-corrected chi connectivity index (χ3v) is 1.09. The van der Waals surface area contributed by atoms with Crippen molar-refractivity contribution in [3.8, 4) is 0 Å². The molecule has 0 aromatic carbocycles. The Balaban J connectivity index is 2.32. The van der Waals surface area contributed by atoms with Crippen LogP contribution in [-0.2, 0) is 4.94 Å². The monoisotopic (exact) mass is 127 g/mol. The molecule has 0 radical (unpaired) electrons. The standard InChI is InChI=1S/C5H9N3O/c6-8-9-7-5-3-1-2-4-5/h1,3,8H,2,4,6H2/b7-5-. The van der Waals surface area contributed by atoms with Crippen molar-refractivity contribution in [2.75, 3.05) is 0 Å². The Kier molecular flexibility index (Phi) is 2.23. The fourth-order valence-corrected chi connectivity index (χ4v) is 0.695. The second-order valence-electron chi connectivity index (χ2n) is 1.73. The molecule has 0 fully saturated rings. The fraction of sp³-hybridized carbons (Fsp3) is 0.400. The minimum atomic E-state index is 0.924. The SMILES string of the molecule is NNO/N=C1/C=CCC1. The third-order valence-electron chi connectivity index (χ3n) is 1.09. The van der Waals surface area contributed by atoms with Crippen molar-refractivity contribution in [1.29, 1.82) is 0 Å². The number of hydrogen-bond acceptors (Lipinski definition) is 4. The highest BCUT2D eigenvalue weighted by Crippen LogP contribution is 2.04. The van der Waals surface area contributed by atoms with E-state index in [1.54, 1.807) is 0 Å². The van der Waals surface area contributed by atoms with E-state index in [-0.39, 0.29) is 0 Å². The Hall–Kier alpha value is -0.870. The van der Waals surface area contributed by atoms with Crippen LogP contribution in [0.2, 0.25) is 0 Å². The van der Waals surface area contributed by atoms with E-state index in [1.807, 2.05) is 17.7 Å². The van der Waals surface area contributed by atoms with Crippen LogP contribution in [0.3, 0.4) is 0 Å². The van der Waals surface area contributed by atoms with Crippen molar-refractivity contribution >= 4 is 5.71 Å². The number of nitrogens with zero attached hydrogens (tertiary/aromatic N) is 1. The molecule has 0 amide bonds. The van der Waals surface area contributed by atoms with Crippen LogP contribution in [0.25, 0.3) is 0 Å². The summed E-state index contributed by atoms with van der Waals surface area (Å²) in [4.78, 5) is 4.38. The summed E-state index contributed by atoms with van der Waals surface area (Å²) < 4.78 is 0. The zero-order chi connectivity index (χ0) is 6.53. The van der Waals surface area contributed by atoms with Gasteiger partial charge in [-0.2, -0.15) is 0 Å². The molecule has 0 aromatic heterocycles. The zero-order valence-electron chi connectivity index (χ0n) is 5.00. The van der Waals surface area contributed by atoms with E-state index in [0.717, 1.165) is 18.6 Å². The predicted octanol–water partition coefficient (Wildman–Crippen LogP) is 0.0873. The number of hydrogen-bond donors (Lipinski definition) is 2. The van der Waals surface area contributed by atoms with Gasteiger partial charge in [0, 0.05) is 0 Å². The Morgan fingerprint density at radius 2 is 2.67 bits per heavy atom. The first kappa shape index (κ1) is 6.25. The molecule has 4 nitrogen and oxygen atoms in total. The van der Waals surface area contributed by atoms with E-state index in [4.69, 9.17) is 5.84 Å². The highest BCUT2D eigenvalue weighted by atomic mass is 16.8. The second-order valence-corrected chi connectivity index (χ2v) is 1.73. The summed E-state index contributed by atoms with van der Waals surface area (Å²) in [7, 11) is 0. The number of allylic oxidation sites excluding steroid dienone is 2. The Morgan fingerprint density at radius 1 is 1.78 bits per heavy atom. The van der Waals surface area contributed by atoms with Gasteiger partial charge >= 0.3 is 0 Å². The van der Waals surface area contributed by atoms with Gasteiger partial charge in [-0.3, -0.25) is 4.94 Å². The number of rotatable bonds is 2. The predicted molar refractivity (Wildman–Crippen MR) is 34.2 cm³/mol. The molecular weight excluding hydrogens is 118 g/mol. The van der Waals surface area contributed by atoms with Crippen LogP contribution in [0.5, 0.6) is 0 Å². The summed E-state index contributed by atoms with van der Waals surface area (Å²) in [5.41, 5.74) is 2.90. The van der Waals surface area contributed by atoms with Gasteiger partial charge in [0.05, 0.1) is 5.71 Å². The summed E-state index contributed by atoms with van der Waals surface area (Å²) in [5.74, 6) is 4.80. The molecule has 0 atom stereocenters. The second kappa shape index (κ2) is 3.21. The first-order valence-corrected chi connectivity index (χ1v) is 2.78. The summed E-state index contributed by atoms with van der Waals surface area (Å²) in [6.45, 7) is 0. The van der Waals surface area contributed by atoms with Gasteiger partial charge < -0.3 is 0 Å².